The number of rotatable bonds is 14. The Bertz CT molecular complexity index is 7880. The lowest BCUT2D eigenvalue weighted by molar-refractivity contribution is 0.312. The van der Waals surface area contributed by atoms with Gasteiger partial charge in [0.2, 0.25) is 10.0 Å². The number of nitrogens with one attached hydrogen (secondary N) is 1. The first-order chi connectivity index (χ1) is 64.9. The van der Waals surface area contributed by atoms with Crippen LogP contribution in [-0.4, -0.2) is 157 Å². The predicted molar refractivity (Wildman–Crippen MR) is 506 cm³/mol. The van der Waals surface area contributed by atoms with Crippen molar-refractivity contribution in [3.8, 4) is 123 Å². The second-order valence-corrected chi connectivity index (χ2v) is 32.8. The van der Waals surface area contributed by atoms with E-state index in [1.165, 1.54) is 30.3 Å². The number of likely N-dealkylation sites (N-methyl/N-ethyl adjacent to an activating group) is 1. The number of benzene rings is 5. The first kappa shape index (κ1) is 85.8. The number of hydrogen-bond acceptors (Lipinski definition) is 24. The van der Waals surface area contributed by atoms with Gasteiger partial charge in [0.25, 0.3) is 0 Å². The number of nitrogens with zero attached hydrogens (tertiary/aromatic N) is 20. The molecular formula is C102H76F5N23O2S. The number of sulfonamides is 1. The molecule has 2 fully saturated rings. The minimum absolute atomic E-state index is 0.0381. The standard InChI is InChI=1S/C28H24FN7.C27H22FN7.C25H17FN4O2S.C22H13F2N5/c1-35-11-13-36(14-12-35)27-9-8-19(16-32-27)25-17-30-18-26(33-25)22-15-24(21-5-2-3-7-23(21)29)34-28-20(22)6-4-10-31-28;28-22-6-2-1-4-20(22)23-14-21(19-5-3-9-31-27(19)34-23)25-17-30-16-24(33-25)18-7-8-26(32-15-18)35-12-10-29-11-13-35;26-23-6-2-1-4-21(23)24-13-22(20-5-3-11-29-25(20)30-24)18-12-17(14-28-15-18)16-7-9-19(10-8-16)33(27,31)32;23-12-3-4-19(24)16(8-12)20-9-15(14-2-1-6-27-22(14)29-20)17-11-28-21(25)18-10-26-7-5-13(17)18/h2-10,15-18H,11-14H2,1H3;1-9,14-17,29H,10-13H2;1-15H,(H2,27,31,32);1-11H,(H2,25,28). The number of nitrogen functional groups attached to an aromatic ring is 1. The molecule has 0 saturated carbocycles. The fraction of sp³-hybridized carbons (Fsp3) is 0.0882. The number of piperazine rings is 2. The second kappa shape index (κ2) is 38.0. The molecule has 0 atom stereocenters. The SMILES string of the molecule is CN1CCN(c2ccc(-c3cncc(-c4cc(-c5ccccc5F)nc5ncccc45)n3)cn2)CC1.Fc1ccccc1-c1cc(-c2cncc(-c3ccc(N4CCNCC4)nc3)n2)c2cccnc2n1.NS(=O)(=O)c1ccc(-c2cncc(-c3cc(-c4ccccc4F)nc4ncccc34)c2)cc1.Nc1ncc(-c2cc(-c3cc(F)ccc3F)nc3ncccc23)c2ccncc12. The summed E-state index contributed by atoms with van der Waals surface area (Å²) in [5, 5.41) is 13.3. The van der Waals surface area contributed by atoms with Crippen molar-refractivity contribution in [1.29, 1.82) is 0 Å². The van der Waals surface area contributed by atoms with E-state index in [2.05, 4.69) is 96.8 Å². The summed E-state index contributed by atoms with van der Waals surface area (Å²) in [6.45, 7) is 7.78. The average molecular weight is 1780 g/mol. The van der Waals surface area contributed by atoms with Crippen LogP contribution in [0.5, 0.6) is 0 Å². The molecule has 15 aromatic heterocycles. The van der Waals surface area contributed by atoms with Gasteiger partial charge < -0.3 is 25.8 Å². The first-order valence-corrected chi connectivity index (χ1v) is 43.8. The van der Waals surface area contributed by atoms with Crippen molar-refractivity contribution in [2.45, 2.75) is 4.90 Å². The predicted octanol–water partition coefficient (Wildman–Crippen LogP) is 18.7. The Hall–Kier alpha value is -16.6. The third-order valence-corrected chi connectivity index (χ3v) is 23.7. The monoisotopic (exact) mass is 1780 g/mol. The Balaban J connectivity index is 0.000000115. The number of nitrogens with two attached hydrogens (primary N) is 2. The molecule has 5 N–H and O–H groups in total. The molecule has 2 aliphatic rings. The van der Waals surface area contributed by atoms with Gasteiger partial charge in [-0.1, -0.05) is 48.5 Å². The van der Waals surface area contributed by atoms with Crippen LogP contribution in [0.15, 0.2) is 322 Å². The van der Waals surface area contributed by atoms with Crippen LogP contribution in [0.25, 0.3) is 178 Å². The second-order valence-electron chi connectivity index (χ2n) is 31.2. The van der Waals surface area contributed by atoms with Crippen molar-refractivity contribution in [1.82, 2.24) is 94.9 Å². The van der Waals surface area contributed by atoms with Gasteiger partial charge in [0.15, 0.2) is 22.6 Å². The van der Waals surface area contributed by atoms with E-state index in [9.17, 15) is 30.4 Å². The fourth-order valence-corrected chi connectivity index (χ4v) is 16.4. The zero-order valence-electron chi connectivity index (χ0n) is 70.9. The molecule has 0 amide bonds. The highest BCUT2D eigenvalue weighted by molar-refractivity contribution is 7.89. The molecule has 2 saturated heterocycles. The van der Waals surface area contributed by atoms with Gasteiger partial charge in [0, 0.05) is 209 Å². The van der Waals surface area contributed by atoms with E-state index in [-0.39, 0.29) is 33.6 Å². The summed E-state index contributed by atoms with van der Waals surface area (Å²) in [6, 6.07) is 63.3. The van der Waals surface area contributed by atoms with E-state index in [1.807, 2.05) is 109 Å². The topological polar surface area (TPSA) is 327 Å². The Morgan fingerprint density at radius 3 is 1.23 bits per heavy atom. The van der Waals surface area contributed by atoms with Gasteiger partial charge >= 0.3 is 0 Å². The van der Waals surface area contributed by atoms with Crippen molar-refractivity contribution in [2.24, 2.45) is 5.14 Å². The van der Waals surface area contributed by atoms with Gasteiger partial charge in [-0.2, -0.15) is 0 Å². The molecule has 2 aliphatic heterocycles. The minimum Gasteiger partial charge on any atom is -0.383 e. The van der Waals surface area contributed by atoms with E-state index in [4.69, 9.17) is 25.8 Å². The third kappa shape index (κ3) is 18.7. The normalized spacial score (nSPS) is 12.8. The molecule has 0 unspecified atom stereocenters. The van der Waals surface area contributed by atoms with Crippen molar-refractivity contribution < 1.29 is 30.4 Å². The van der Waals surface area contributed by atoms with Crippen LogP contribution < -0.4 is 26.0 Å². The summed E-state index contributed by atoms with van der Waals surface area (Å²) in [5.74, 6) is 0.144. The highest BCUT2D eigenvalue weighted by Gasteiger charge is 2.24. The highest BCUT2D eigenvalue weighted by Crippen LogP contribution is 2.41. The molecule has 652 valence electrons. The number of anilines is 3. The molecule has 0 aliphatic carbocycles. The maximum absolute atomic E-state index is 14.6. The molecule has 0 bridgehead atoms. The molecule has 0 radical (unpaired) electrons. The molecule has 0 spiro atoms. The molecule has 5 aromatic carbocycles. The van der Waals surface area contributed by atoms with Gasteiger partial charge in [-0.15, -0.1) is 0 Å². The molecule has 22 rings (SSSR count). The van der Waals surface area contributed by atoms with Crippen LogP contribution in [0.3, 0.4) is 0 Å². The smallest absolute Gasteiger partial charge is 0.238 e. The average Bonchev–Trinajstić information content (AvgIpc) is 0.772. The van der Waals surface area contributed by atoms with Gasteiger partial charge in [-0.25, -0.2) is 100 Å². The van der Waals surface area contributed by atoms with Gasteiger partial charge in [0.05, 0.1) is 75.2 Å². The van der Waals surface area contributed by atoms with E-state index >= 15 is 0 Å². The van der Waals surface area contributed by atoms with Crippen molar-refractivity contribution in [3.63, 3.8) is 0 Å². The van der Waals surface area contributed by atoms with E-state index < -0.39 is 21.7 Å². The van der Waals surface area contributed by atoms with Crippen molar-refractivity contribution in [3.05, 3.63) is 346 Å². The number of aromatic nitrogens is 17. The third-order valence-electron chi connectivity index (χ3n) is 22.7. The van der Waals surface area contributed by atoms with Crippen LogP contribution in [0.4, 0.5) is 39.4 Å². The molecule has 20 aromatic rings. The Morgan fingerprint density at radius 1 is 0.301 bits per heavy atom. The Labute approximate surface area is 758 Å². The zero-order chi connectivity index (χ0) is 91.1. The number of primary sulfonamides is 1. The molecular weight excluding hydrogens is 1710 g/mol. The minimum atomic E-state index is -3.77. The largest absolute Gasteiger partial charge is 0.383 e. The summed E-state index contributed by atoms with van der Waals surface area (Å²) in [5.41, 5.74) is 21.8. The summed E-state index contributed by atoms with van der Waals surface area (Å²) >= 11 is 0. The van der Waals surface area contributed by atoms with Crippen LogP contribution in [0, 0.1) is 29.1 Å². The molecule has 17 heterocycles. The fourth-order valence-electron chi connectivity index (χ4n) is 15.9. The van der Waals surface area contributed by atoms with Crippen LogP contribution in [0.2, 0.25) is 0 Å². The first-order valence-electron chi connectivity index (χ1n) is 42.2. The van der Waals surface area contributed by atoms with Gasteiger partial charge in [-0.3, -0.25) is 19.9 Å². The Morgan fingerprint density at radius 2 is 0.737 bits per heavy atom. The number of pyridine rings is 13. The summed E-state index contributed by atoms with van der Waals surface area (Å²) in [4.78, 5) is 83.6. The highest BCUT2D eigenvalue weighted by atomic mass is 32.2. The van der Waals surface area contributed by atoms with E-state index in [0.29, 0.717) is 90.3 Å². The number of fused-ring (bicyclic) bond motifs is 5. The number of halogens is 5. The maximum Gasteiger partial charge on any atom is 0.238 e. The quantitative estimate of drug-likeness (QED) is 0.0851. The molecule has 133 heavy (non-hydrogen) atoms. The van der Waals surface area contributed by atoms with Gasteiger partial charge in [0.1, 0.15) is 46.5 Å². The zero-order valence-corrected chi connectivity index (χ0v) is 71.7. The van der Waals surface area contributed by atoms with Crippen LogP contribution in [0.1, 0.15) is 0 Å². The van der Waals surface area contributed by atoms with E-state index in [0.717, 1.165) is 165 Å². The maximum atomic E-state index is 14.6. The van der Waals surface area contributed by atoms with Crippen molar-refractivity contribution >= 4 is 82.4 Å². The lowest BCUT2D eigenvalue weighted by Gasteiger charge is -2.33. The lowest BCUT2D eigenvalue weighted by atomic mass is 9.97. The summed E-state index contributed by atoms with van der Waals surface area (Å²) in [6.07, 6.45) is 25.5. The number of hydrogen-bond donors (Lipinski definition) is 3. The Kier molecular flexibility index (Phi) is 24.5. The molecule has 25 nitrogen and oxygen atoms in total. The summed E-state index contributed by atoms with van der Waals surface area (Å²) < 4.78 is 94.9. The van der Waals surface area contributed by atoms with Crippen molar-refractivity contribution in [2.75, 3.05) is 74.9 Å². The van der Waals surface area contributed by atoms with Crippen LogP contribution >= 0.6 is 0 Å². The summed E-state index contributed by atoms with van der Waals surface area (Å²) in [7, 11) is -1.63. The molecule has 31 heteroatoms. The van der Waals surface area contributed by atoms with Gasteiger partial charge in [-0.05, 0) is 205 Å². The van der Waals surface area contributed by atoms with Crippen LogP contribution in [-0.2, 0) is 10.0 Å². The van der Waals surface area contributed by atoms with E-state index in [1.54, 1.807) is 159 Å². The lowest BCUT2D eigenvalue weighted by Crippen LogP contribution is -2.44.